The van der Waals surface area contributed by atoms with E-state index in [1.807, 2.05) is 34.9 Å². The van der Waals surface area contributed by atoms with Crippen molar-refractivity contribution in [3.63, 3.8) is 0 Å². The van der Waals surface area contributed by atoms with Crippen LogP contribution in [-0.2, 0) is 6.42 Å². The van der Waals surface area contributed by atoms with E-state index in [0.717, 1.165) is 61.1 Å². The maximum Gasteiger partial charge on any atom is 0.260 e. The van der Waals surface area contributed by atoms with Crippen molar-refractivity contribution >= 4 is 23.1 Å². The van der Waals surface area contributed by atoms with E-state index in [-0.39, 0.29) is 11.9 Å². The van der Waals surface area contributed by atoms with Gasteiger partial charge in [0.15, 0.2) is 0 Å². The molecule has 0 bridgehead atoms. The van der Waals surface area contributed by atoms with E-state index in [1.54, 1.807) is 25.6 Å². The fourth-order valence-electron chi connectivity index (χ4n) is 4.80. The normalized spacial score (nSPS) is 15.7. The first-order valence-corrected chi connectivity index (χ1v) is 12.4. The molecule has 4 heterocycles. The molecule has 0 radical (unpaired) electrons. The Morgan fingerprint density at radius 1 is 1.22 bits per heavy atom. The average molecular weight is 486 g/mol. The van der Waals surface area contributed by atoms with Crippen LogP contribution in [0, 0.1) is 0 Å². The quantitative estimate of drug-likeness (QED) is 0.355. The smallest absolute Gasteiger partial charge is 0.260 e. The largest absolute Gasteiger partial charge is 0.496 e. The number of imidazole rings is 1. The monoisotopic (exact) mass is 485 g/mol. The molecule has 1 aliphatic rings. The molecule has 1 atom stereocenters. The number of carbonyl (C=O) groups is 1. The average Bonchev–Trinajstić information content (AvgIpc) is 3.30. The predicted molar refractivity (Wildman–Crippen MR) is 140 cm³/mol. The van der Waals surface area contributed by atoms with Crippen molar-refractivity contribution in [2.45, 2.75) is 45.1 Å². The first-order chi connectivity index (χ1) is 17.6. The minimum Gasteiger partial charge on any atom is -0.496 e. The van der Waals surface area contributed by atoms with E-state index in [0.29, 0.717) is 28.6 Å². The SMILES string of the molecule is CCCc1ccnc(NC(=O)c2ccc(-c3nc([C@@H]4CCCCN4)n4ccnc(N)c34)cc2OC)c1. The number of methoxy groups -OCH3 is 1. The van der Waals surface area contributed by atoms with E-state index in [4.69, 9.17) is 15.5 Å². The molecule has 186 valence electrons. The molecule has 4 aromatic rings. The number of amides is 1. The van der Waals surface area contributed by atoms with Gasteiger partial charge in [0.05, 0.1) is 18.7 Å². The zero-order chi connectivity index (χ0) is 25.1. The summed E-state index contributed by atoms with van der Waals surface area (Å²) in [7, 11) is 1.55. The lowest BCUT2D eigenvalue weighted by atomic mass is 10.0. The number of nitrogens with two attached hydrogens (primary N) is 1. The number of ether oxygens (including phenoxy) is 1. The van der Waals surface area contributed by atoms with Gasteiger partial charge >= 0.3 is 0 Å². The standard InChI is InChI=1S/C27H31N7O2/c1-3-6-17-10-12-30-22(15-17)32-27(35)19-9-8-18(16-21(19)36-2)23-24-25(28)31-13-14-34(24)26(33-23)20-7-4-5-11-29-20/h8-10,12-16,20,29H,3-7,11H2,1-2H3,(H2,28,31)(H,30,32,35)/t20-/m0/s1. The molecule has 4 N–H and O–H groups in total. The second-order valence-corrected chi connectivity index (χ2v) is 9.02. The molecule has 36 heavy (non-hydrogen) atoms. The molecule has 1 saturated heterocycles. The summed E-state index contributed by atoms with van der Waals surface area (Å²) in [4.78, 5) is 26.7. The van der Waals surface area contributed by atoms with Crippen LogP contribution in [0.3, 0.4) is 0 Å². The van der Waals surface area contributed by atoms with Crippen LogP contribution < -0.4 is 21.1 Å². The summed E-state index contributed by atoms with van der Waals surface area (Å²) < 4.78 is 7.64. The summed E-state index contributed by atoms with van der Waals surface area (Å²) in [5.41, 5.74) is 10.1. The fourth-order valence-corrected chi connectivity index (χ4v) is 4.80. The Bertz CT molecular complexity index is 1390. The molecule has 1 aromatic carbocycles. The van der Waals surface area contributed by atoms with Gasteiger partial charge in [-0.25, -0.2) is 15.0 Å². The highest BCUT2D eigenvalue weighted by atomic mass is 16.5. The minimum atomic E-state index is -0.289. The van der Waals surface area contributed by atoms with Crippen LogP contribution in [0.2, 0.25) is 0 Å². The third kappa shape index (κ3) is 4.61. The van der Waals surface area contributed by atoms with Gasteiger partial charge in [0.1, 0.15) is 34.4 Å². The first kappa shape index (κ1) is 23.7. The van der Waals surface area contributed by atoms with Crippen LogP contribution in [0.5, 0.6) is 5.75 Å². The number of aryl methyl sites for hydroxylation is 1. The molecular weight excluding hydrogens is 454 g/mol. The topological polar surface area (TPSA) is 119 Å². The number of piperidine rings is 1. The van der Waals surface area contributed by atoms with Crippen molar-refractivity contribution in [1.29, 1.82) is 0 Å². The van der Waals surface area contributed by atoms with Crippen molar-refractivity contribution in [2.75, 3.05) is 24.7 Å². The Labute approximate surface area is 210 Å². The van der Waals surface area contributed by atoms with E-state index in [2.05, 4.69) is 27.5 Å². The summed E-state index contributed by atoms with van der Waals surface area (Å²) in [6.45, 7) is 3.08. The number of anilines is 2. The highest BCUT2D eigenvalue weighted by Crippen LogP contribution is 2.34. The third-order valence-electron chi connectivity index (χ3n) is 6.56. The molecular formula is C27H31N7O2. The molecule has 9 heteroatoms. The number of aromatic nitrogens is 4. The Morgan fingerprint density at radius 3 is 2.89 bits per heavy atom. The van der Waals surface area contributed by atoms with Gasteiger partial charge in [0, 0.05) is 24.2 Å². The van der Waals surface area contributed by atoms with Crippen molar-refractivity contribution in [1.82, 2.24) is 24.7 Å². The molecule has 9 nitrogen and oxygen atoms in total. The lowest BCUT2D eigenvalue weighted by Crippen LogP contribution is -2.28. The van der Waals surface area contributed by atoms with Crippen molar-refractivity contribution in [2.24, 2.45) is 0 Å². The molecule has 3 aromatic heterocycles. The number of hydrogen-bond acceptors (Lipinski definition) is 7. The lowest BCUT2D eigenvalue weighted by molar-refractivity contribution is 0.102. The molecule has 1 amide bonds. The number of fused-ring (bicyclic) bond motifs is 1. The highest BCUT2D eigenvalue weighted by Gasteiger charge is 2.24. The summed E-state index contributed by atoms with van der Waals surface area (Å²) in [6, 6.07) is 9.44. The van der Waals surface area contributed by atoms with Crippen LogP contribution in [-0.4, -0.2) is 38.9 Å². The molecule has 5 rings (SSSR count). The number of benzene rings is 1. The Hall–Kier alpha value is -3.98. The maximum atomic E-state index is 13.1. The third-order valence-corrected chi connectivity index (χ3v) is 6.56. The van der Waals surface area contributed by atoms with Crippen LogP contribution >= 0.6 is 0 Å². The zero-order valence-electron chi connectivity index (χ0n) is 20.6. The number of rotatable bonds is 7. The van der Waals surface area contributed by atoms with Gasteiger partial charge in [-0.05, 0) is 55.6 Å². The number of hydrogen-bond donors (Lipinski definition) is 3. The maximum absolute atomic E-state index is 13.1. The number of nitrogens with one attached hydrogen (secondary N) is 2. The van der Waals surface area contributed by atoms with Crippen molar-refractivity contribution < 1.29 is 9.53 Å². The fraction of sp³-hybridized carbons (Fsp3) is 0.333. The summed E-state index contributed by atoms with van der Waals surface area (Å²) >= 11 is 0. The number of carbonyl (C=O) groups excluding carboxylic acids is 1. The van der Waals surface area contributed by atoms with Gasteiger partial charge < -0.3 is 21.1 Å². The molecule has 0 aliphatic carbocycles. The van der Waals surface area contributed by atoms with Crippen molar-refractivity contribution in [3.05, 3.63) is 65.9 Å². The summed E-state index contributed by atoms with van der Waals surface area (Å²) in [5, 5.41) is 6.45. The highest BCUT2D eigenvalue weighted by molar-refractivity contribution is 6.06. The number of nitrogens with zero attached hydrogens (tertiary/aromatic N) is 4. The van der Waals surface area contributed by atoms with Gasteiger partial charge in [-0.2, -0.15) is 0 Å². The number of pyridine rings is 1. The Morgan fingerprint density at radius 2 is 2.11 bits per heavy atom. The second-order valence-electron chi connectivity index (χ2n) is 9.02. The Balaban J connectivity index is 1.50. The van der Waals surface area contributed by atoms with Gasteiger partial charge in [0.25, 0.3) is 5.91 Å². The minimum absolute atomic E-state index is 0.143. The van der Waals surface area contributed by atoms with Crippen LogP contribution in [0.4, 0.5) is 11.6 Å². The van der Waals surface area contributed by atoms with Crippen LogP contribution in [0.1, 0.15) is 60.4 Å². The molecule has 1 fully saturated rings. The van der Waals surface area contributed by atoms with Crippen LogP contribution in [0.15, 0.2) is 48.9 Å². The molecule has 1 aliphatic heterocycles. The van der Waals surface area contributed by atoms with Crippen molar-refractivity contribution in [3.8, 4) is 17.0 Å². The van der Waals surface area contributed by atoms with Gasteiger partial charge in [-0.1, -0.05) is 25.8 Å². The van der Waals surface area contributed by atoms with E-state index >= 15 is 0 Å². The lowest BCUT2D eigenvalue weighted by Gasteiger charge is -2.22. The predicted octanol–water partition coefficient (Wildman–Crippen LogP) is 4.40. The zero-order valence-corrected chi connectivity index (χ0v) is 20.6. The first-order valence-electron chi connectivity index (χ1n) is 12.4. The second kappa shape index (κ2) is 10.3. The van der Waals surface area contributed by atoms with Gasteiger partial charge in [0.2, 0.25) is 0 Å². The van der Waals surface area contributed by atoms with Gasteiger partial charge in [-0.3, -0.25) is 9.20 Å². The van der Waals surface area contributed by atoms with E-state index < -0.39 is 0 Å². The Kier molecular flexibility index (Phi) is 6.81. The van der Waals surface area contributed by atoms with E-state index in [1.165, 1.54) is 0 Å². The van der Waals surface area contributed by atoms with Crippen LogP contribution in [0.25, 0.3) is 16.8 Å². The summed E-state index contributed by atoms with van der Waals surface area (Å²) in [6.07, 6.45) is 10.6. The van der Waals surface area contributed by atoms with Gasteiger partial charge in [-0.15, -0.1) is 0 Å². The number of nitrogen functional groups attached to an aromatic ring is 1. The molecule has 0 spiro atoms. The molecule has 0 saturated carbocycles. The summed E-state index contributed by atoms with van der Waals surface area (Å²) in [5.74, 6) is 1.98. The molecule has 0 unspecified atom stereocenters. The van der Waals surface area contributed by atoms with E-state index in [9.17, 15) is 4.79 Å².